The number of anilines is 1. The topological polar surface area (TPSA) is 58.4 Å². The fraction of sp³-hybridized carbons (Fsp3) is 0.571. The lowest BCUT2D eigenvalue weighted by Crippen LogP contribution is -2.41. The van der Waals surface area contributed by atoms with Crippen molar-refractivity contribution in [3.63, 3.8) is 0 Å². The number of nitrogens with zero attached hydrogens (tertiary/aromatic N) is 2. The lowest BCUT2D eigenvalue weighted by atomic mass is 9.98. The van der Waals surface area contributed by atoms with Gasteiger partial charge in [0.1, 0.15) is 11.5 Å². The first-order valence-corrected chi connectivity index (χ1v) is 6.98. The molecule has 0 bridgehead atoms. The average Bonchev–Trinajstić information content (AvgIpc) is 2.45. The average molecular weight is 281 g/mol. The molecule has 0 radical (unpaired) electrons. The minimum atomic E-state index is -0.432. The van der Waals surface area contributed by atoms with Crippen molar-refractivity contribution < 1.29 is 9.31 Å². The molecular formula is C14H20FN3O2. The summed E-state index contributed by atoms with van der Waals surface area (Å²) in [7, 11) is 1.89. The van der Waals surface area contributed by atoms with E-state index >= 15 is 0 Å². The molecular weight excluding hydrogens is 261 g/mol. The lowest BCUT2D eigenvalue weighted by molar-refractivity contribution is -0.384. The zero-order valence-corrected chi connectivity index (χ0v) is 11.6. The smallest absolute Gasteiger partial charge is 0.292 e. The molecule has 5 nitrogen and oxygen atoms in total. The second-order valence-electron chi connectivity index (χ2n) is 5.13. The summed E-state index contributed by atoms with van der Waals surface area (Å²) in [6, 6.07) is 3.93. The number of halogens is 1. The largest absolute Gasteiger partial charge is 0.363 e. The Labute approximate surface area is 117 Å². The van der Waals surface area contributed by atoms with Crippen LogP contribution in [0.4, 0.5) is 15.8 Å². The Kier molecular flexibility index (Phi) is 4.89. The molecule has 1 aromatic carbocycles. The SMILES string of the molecule is CNCCC1CCCCN1c1cc(F)ccc1[N+](=O)[O-]. The van der Waals surface area contributed by atoms with Crippen LogP contribution in [0.2, 0.25) is 0 Å². The fourth-order valence-electron chi connectivity index (χ4n) is 2.81. The Morgan fingerprint density at radius 2 is 2.30 bits per heavy atom. The summed E-state index contributed by atoms with van der Waals surface area (Å²) in [6.07, 6.45) is 4.01. The van der Waals surface area contributed by atoms with Crippen molar-refractivity contribution in [3.8, 4) is 0 Å². The molecule has 0 saturated carbocycles. The normalized spacial score (nSPS) is 19.1. The summed E-state index contributed by atoms with van der Waals surface area (Å²) in [5.41, 5.74) is 0.401. The summed E-state index contributed by atoms with van der Waals surface area (Å²) >= 11 is 0. The number of nitro groups is 1. The molecule has 110 valence electrons. The zero-order valence-electron chi connectivity index (χ0n) is 11.6. The highest BCUT2D eigenvalue weighted by atomic mass is 19.1. The van der Waals surface area contributed by atoms with Gasteiger partial charge in [-0.25, -0.2) is 4.39 Å². The Hall–Kier alpha value is -1.69. The maximum absolute atomic E-state index is 13.5. The van der Waals surface area contributed by atoms with Crippen molar-refractivity contribution in [2.75, 3.05) is 25.0 Å². The van der Waals surface area contributed by atoms with E-state index in [9.17, 15) is 14.5 Å². The molecule has 0 aromatic heterocycles. The van der Waals surface area contributed by atoms with Gasteiger partial charge in [0.2, 0.25) is 0 Å². The minimum Gasteiger partial charge on any atom is -0.363 e. The van der Waals surface area contributed by atoms with Crippen LogP contribution in [0.25, 0.3) is 0 Å². The van der Waals surface area contributed by atoms with Gasteiger partial charge in [-0.2, -0.15) is 0 Å². The van der Waals surface area contributed by atoms with Gasteiger partial charge >= 0.3 is 0 Å². The molecule has 1 N–H and O–H groups in total. The number of nitrogens with one attached hydrogen (secondary N) is 1. The van der Waals surface area contributed by atoms with Crippen LogP contribution in [-0.4, -0.2) is 31.1 Å². The Morgan fingerprint density at radius 1 is 1.50 bits per heavy atom. The zero-order chi connectivity index (χ0) is 14.5. The maximum atomic E-state index is 13.5. The molecule has 1 unspecified atom stereocenters. The summed E-state index contributed by atoms with van der Waals surface area (Å²) in [5, 5.41) is 14.2. The van der Waals surface area contributed by atoms with Gasteiger partial charge in [0.15, 0.2) is 0 Å². The monoisotopic (exact) mass is 281 g/mol. The van der Waals surface area contributed by atoms with E-state index in [1.807, 2.05) is 11.9 Å². The number of piperidine rings is 1. The molecule has 0 aliphatic carbocycles. The maximum Gasteiger partial charge on any atom is 0.292 e. The number of rotatable bonds is 5. The van der Waals surface area contributed by atoms with E-state index in [1.165, 1.54) is 12.1 Å². The number of nitro benzene ring substituents is 1. The van der Waals surface area contributed by atoms with Gasteiger partial charge in [-0.15, -0.1) is 0 Å². The van der Waals surface area contributed by atoms with Crippen LogP contribution in [0.3, 0.4) is 0 Å². The molecule has 1 heterocycles. The second kappa shape index (κ2) is 6.65. The molecule has 1 saturated heterocycles. The van der Waals surface area contributed by atoms with E-state index in [-0.39, 0.29) is 11.7 Å². The first-order valence-electron chi connectivity index (χ1n) is 6.98. The third-order valence-electron chi connectivity index (χ3n) is 3.80. The summed E-state index contributed by atoms with van der Waals surface area (Å²) < 4.78 is 13.5. The van der Waals surface area contributed by atoms with Gasteiger partial charge in [-0.3, -0.25) is 10.1 Å². The van der Waals surface area contributed by atoms with Crippen LogP contribution in [0.5, 0.6) is 0 Å². The van der Waals surface area contributed by atoms with E-state index in [4.69, 9.17) is 0 Å². The second-order valence-corrected chi connectivity index (χ2v) is 5.13. The van der Waals surface area contributed by atoms with Gasteiger partial charge < -0.3 is 10.2 Å². The number of benzene rings is 1. The standard InChI is InChI=1S/C14H20FN3O2/c1-16-8-7-12-4-2-3-9-17(12)14-10-11(15)5-6-13(14)18(19)20/h5-6,10,12,16H,2-4,7-9H2,1H3. The van der Waals surface area contributed by atoms with E-state index in [1.54, 1.807) is 0 Å². The first kappa shape index (κ1) is 14.7. The first-order chi connectivity index (χ1) is 9.63. The molecule has 1 aromatic rings. The van der Waals surface area contributed by atoms with Gasteiger partial charge in [0.05, 0.1) is 4.92 Å². The quantitative estimate of drug-likeness (QED) is 0.666. The van der Waals surface area contributed by atoms with E-state index in [0.29, 0.717) is 5.69 Å². The highest BCUT2D eigenvalue weighted by molar-refractivity contribution is 5.64. The Morgan fingerprint density at radius 3 is 3.00 bits per heavy atom. The highest BCUT2D eigenvalue weighted by Crippen LogP contribution is 2.34. The van der Waals surface area contributed by atoms with Gasteiger partial charge in [0.25, 0.3) is 5.69 Å². The van der Waals surface area contributed by atoms with Gasteiger partial charge in [-0.05, 0) is 45.3 Å². The van der Waals surface area contributed by atoms with Crippen LogP contribution >= 0.6 is 0 Å². The number of hydrogen-bond donors (Lipinski definition) is 1. The van der Waals surface area contributed by atoms with Crippen molar-refractivity contribution in [3.05, 3.63) is 34.1 Å². The third kappa shape index (κ3) is 3.25. The van der Waals surface area contributed by atoms with Crippen molar-refractivity contribution in [1.29, 1.82) is 0 Å². The van der Waals surface area contributed by atoms with Crippen molar-refractivity contribution in [2.45, 2.75) is 31.7 Å². The molecule has 6 heteroatoms. The fourth-order valence-corrected chi connectivity index (χ4v) is 2.81. The predicted molar refractivity (Wildman–Crippen MR) is 76.6 cm³/mol. The summed E-state index contributed by atoms with van der Waals surface area (Å²) in [6.45, 7) is 1.60. The van der Waals surface area contributed by atoms with E-state index < -0.39 is 10.7 Å². The third-order valence-corrected chi connectivity index (χ3v) is 3.80. The van der Waals surface area contributed by atoms with Crippen molar-refractivity contribution in [2.24, 2.45) is 0 Å². The lowest BCUT2D eigenvalue weighted by Gasteiger charge is -2.37. The van der Waals surface area contributed by atoms with E-state index in [0.717, 1.165) is 44.8 Å². The van der Waals surface area contributed by atoms with Gasteiger partial charge in [0, 0.05) is 24.7 Å². The summed E-state index contributed by atoms with van der Waals surface area (Å²) in [4.78, 5) is 12.7. The van der Waals surface area contributed by atoms with Crippen LogP contribution < -0.4 is 10.2 Å². The molecule has 1 aliphatic rings. The van der Waals surface area contributed by atoms with Gasteiger partial charge in [-0.1, -0.05) is 0 Å². The van der Waals surface area contributed by atoms with Crippen LogP contribution in [0.15, 0.2) is 18.2 Å². The van der Waals surface area contributed by atoms with E-state index in [2.05, 4.69) is 5.32 Å². The van der Waals surface area contributed by atoms with Crippen LogP contribution in [-0.2, 0) is 0 Å². The predicted octanol–water partition coefficient (Wildman–Crippen LogP) is 2.70. The molecule has 1 aliphatic heterocycles. The molecule has 0 amide bonds. The summed E-state index contributed by atoms with van der Waals surface area (Å²) in [5.74, 6) is -0.427. The minimum absolute atomic E-state index is 0.0113. The van der Waals surface area contributed by atoms with Crippen molar-refractivity contribution in [1.82, 2.24) is 5.32 Å². The Bertz CT molecular complexity index is 481. The highest BCUT2D eigenvalue weighted by Gasteiger charge is 2.28. The number of hydrogen-bond acceptors (Lipinski definition) is 4. The molecule has 2 rings (SSSR count). The van der Waals surface area contributed by atoms with Crippen molar-refractivity contribution >= 4 is 11.4 Å². The van der Waals surface area contributed by atoms with Crippen LogP contribution in [0, 0.1) is 15.9 Å². The molecule has 1 fully saturated rings. The van der Waals surface area contributed by atoms with Crippen LogP contribution in [0.1, 0.15) is 25.7 Å². The molecule has 0 spiro atoms. The molecule has 1 atom stereocenters. The Balaban J connectivity index is 2.31. The molecule has 20 heavy (non-hydrogen) atoms.